The van der Waals surface area contributed by atoms with E-state index in [4.69, 9.17) is 23.2 Å². The number of sulfonamides is 1. The van der Waals surface area contributed by atoms with Crippen molar-refractivity contribution >= 4 is 39.3 Å². The van der Waals surface area contributed by atoms with Crippen LogP contribution in [0.3, 0.4) is 0 Å². The fourth-order valence-corrected chi connectivity index (χ4v) is 4.83. The van der Waals surface area contributed by atoms with E-state index < -0.39 is 10.0 Å². The molecule has 2 amide bonds. The normalized spacial score (nSPS) is 19.8. The van der Waals surface area contributed by atoms with E-state index >= 15 is 0 Å². The van der Waals surface area contributed by atoms with Gasteiger partial charge in [-0.1, -0.05) is 23.2 Å². The van der Waals surface area contributed by atoms with Gasteiger partial charge < -0.3 is 9.80 Å². The number of amides is 2. The Morgan fingerprint density at radius 2 is 1.46 bits per heavy atom. The van der Waals surface area contributed by atoms with Crippen LogP contribution in [-0.4, -0.2) is 67.8 Å². The van der Waals surface area contributed by atoms with Crippen LogP contribution in [-0.2, 0) is 10.0 Å². The second kappa shape index (κ2) is 7.07. The Balaban J connectivity index is 1.67. The van der Waals surface area contributed by atoms with Gasteiger partial charge in [-0.2, -0.15) is 4.31 Å². The third-order valence-corrected chi connectivity index (χ3v) is 7.05. The predicted octanol–water partition coefficient (Wildman–Crippen LogP) is 2.52. The molecule has 0 atom stereocenters. The summed E-state index contributed by atoms with van der Waals surface area (Å²) in [6.07, 6.45) is 2.08. The fourth-order valence-electron chi connectivity index (χ4n) is 3.01. The summed E-state index contributed by atoms with van der Waals surface area (Å²) in [5.74, 6) is 0. The molecule has 0 unspecified atom stereocenters. The molecular weight excluding hydrogens is 373 g/mol. The third-order valence-electron chi connectivity index (χ3n) is 4.41. The zero-order valence-corrected chi connectivity index (χ0v) is 15.4. The van der Waals surface area contributed by atoms with Crippen molar-refractivity contribution in [2.45, 2.75) is 17.7 Å². The van der Waals surface area contributed by atoms with Crippen molar-refractivity contribution in [2.75, 3.05) is 39.3 Å². The van der Waals surface area contributed by atoms with Crippen LogP contribution in [0, 0.1) is 0 Å². The van der Waals surface area contributed by atoms with E-state index in [1.54, 1.807) is 4.90 Å². The Kier molecular flexibility index (Phi) is 5.24. The minimum Gasteiger partial charge on any atom is -0.325 e. The van der Waals surface area contributed by atoms with Crippen molar-refractivity contribution in [3.8, 4) is 0 Å². The number of hydrogen-bond acceptors (Lipinski definition) is 3. The first-order valence-corrected chi connectivity index (χ1v) is 10.1. The maximum Gasteiger partial charge on any atom is 0.320 e. The highest BCUT2D eigenvalue weighted by molar-refractivity contribution is 7.89. The predicted molar refractivity (Wildman–Crippen MR) is 93.0 cm³/mol. The summed E-state index contributed by atoms with van der Waals surface area (Å²) in [4.78, 5) is 16.0. The number of rotatable bonds is 2. The smallest absolute Gasteiger partial charge is 0.320 e. The molecule has 2 fully saturated rings. The van der Waals surface area contributed by atoms with Gasteiger partial charge in [0.2, 0.25) is 10.0 Å². The lowest BCUT2D eigenvalue weighted by Gasteiger charge is -2.36. The van der Waals surface area contributed by atoms with Crippen LogP contribution in [0.1, 0.15) is 12.8 Å². The minimum atomic E-state index is -3.63. The van der Waals surface area contributed by atoms with E-state index in [-0.39, 0.29) is 29.0 Å². The van der Waals surface area contributed by atoms with Gasteiger partial charge in [0, 0.05) is 39.3 Å². The van der Waals surface area contributed by atoms with Gasteiger partial charge in [0.15, 0.2) is 0 Å². The lowest BCUT2D eigenvalue weighted by molar-refractivity contribution is 0.142. The number of nitrogens with zero attached hydrogens (tertiary/aromatic N) is 3. The van der Waals surface area contributed by atoms with Gasteiger partial charge in [-0.15, -0.1) is 0 Å². The second-order valence-corrected chi connectivity index (χ2v) is 8.70. The summed E-state index contributed by atoms with van der Waals surface area (Å²) >= 11 is 11.8. The van der Waals surface area contributed by atoms with Crippen molar-refractivity contribution in [3.05, 3.63) is 28.2 Å². The highest BCUT2D eigenvalue weighted by Gasteiger charge is 2.32. The molecule has 0 aromatic heterocycles. The van der Waals surface area contributed by atoms with Crippen LogP contribution in [0.4, 0.5) is 4.79 Å². The number of piperazine rings is 1. The van der Waals surface area contributed by atoms with E-state index in [0.717, 1.165) is 25.9 Å². The highest BCUT2D eigenvalue weighted by Crippen LogP contribution is 2.27. The van der Waals surface area contributed by atoms with Gasteiger partial charge in [0.1, 0.15) is 0 Å². The van der Waals surface area contributed by atoms with Gasteiger partial charge in [-0.05, 0) is 31.0 Å². The standard InChI is InChI=1S/C15H19Cl2N3O3S/c16-13-4-3-12(11-14(13)17)24(22,23)20-9-7-19(8-10-20)15(21)18-5-1-2-6-18/h3-4,11H,1-2,5-10H2. The van der Waals surface area contributed by atoms with E-state index in [2.05, 4.69) is 0 Å². The Bertz CT molecular complexity index is 727. The number of carbonyl (C=O) groups excluding carboxylic acids is 1. The Hall–Kier alpha value is -1.02. The molecule has 0 radical (unpaired) electrons. The van der Waals surface area contributed by atoms with Crippen molar-refractivity contribution in [1.29, 1.82) is 0 Å². The van der Waals surface area contributed by atoms with Crippen LogP contribution < -0.4 is 0 Å². The zero-order chi connectivity index (χ0) is 17.3. The first-order chi connectivity index (χ1) is 11.4. The molecule has 1 aromatic rings. The van der Waals surface area contributed by atoms with Gasteiger partial charge in [0.05, 0.1) is 14.9 Å². The van der Waals surface area contributed by atoms with Crippen LogP contribution in [0.2, 0.25) is 10.0 Å². The Morgan fingerprint density at radius 3 is 2.04 bits per heavy atom. The summed E-state index contributed by atoms with van der Waals surface area (Å²) in [5.41, 5.74) is 0. The van der Waals surface area contributed by atoms with E-state index in [1.807, 2.05) is 4.90 Å². The lowest BCUT2D eigenvalue weighted by Crippen LogP contribution is -2.53. The largest absolute Gasteiger partial charge is 0.325 e. The van der Waals surface area contributed by atoms with Crippen molar-refractivity contribution in [1.82, 2.24) is 14.1 Å². The molecule has 0 aliphatic carbocycles. The van der Waals surface area contributed by atoms with Crippen LogP contribution in [0.15, 0.2) is 23.1 Å². The third kappa shape index (κ3) is 3.49. The summed E-state index contributed by atoms with van der Waals surface area (Å²) in [6.45, 7) is 2.94. The first kappa shape index (κ1) is 17.8. The molecule has 0 spiro atoms. The SMILES string of the molecule is O=C(N1CCCC1)N1CCN(S(=O)(=O)c2ccc(Cl)c(Cl)c2)CC1. The molecule has 1 aromatic carbocycles. The van der Waals surface area contributed by atoms with Gasteiger partial charge in [-0.25, -0.2) is 13.2 Å². The van der Waals surface area contributed by atoms with Crippen LogP contribution in [0.5, 0.6) is 0 Å². The molecule has 2 aliphatic heterocycles. The van der Waals surface area contributed by atoms with Crippen molar-refractivity contribution in [2.24, 2.45) is 0 Å². The number of benzene rings is 1. The van der Waals surface area contributed by atoms with Crippen LogP contribution in [0.25, 0.3) is 0 Å². The van der Waals surface area contributed by atoms with E-state index in [9.17, 15) is 13.2 Å². The maximum absolute atomic E-state index is 12.7. The van der Waals surface area contributed by atoms with Gasteiger partial charge in [-0.3, -0.25) is 0 Å². The van der Waals surface area contributed by atoms with Crippen molar-refractivity contribution in [3.63, 3.8) is 0 Å². The molecule has 6 nitrogen and oxygen atoms in total. The molecule has 2 saturated heterocycles. The summed E-state index contributed by atoms with van der Waals surface area (Å²) in [6, 6.07) is 4.30. The first-order valence-electron chi connectivity index (χ1n) is 7.88. The minimum absolute atomic E-state index is 0.0130. The second-order valence-electron chi connectivity index (χ2n) is 5.94. The molecule has 2 aliphatic rings. The van der Waals surface area contributed by atoms with Crippen molar-refractivity contribution < 1.29 is 13.2 Å². The molecule has 2 heterocycles. The molecule has 132 valence electrons. The summed E-state index contributed by atoms with van der Waals surface area (Å²) in [7, 11) is -3.63. The topological polar surface area (TPSA) is 60.9 Å². The fraction of sp³-hybridized carbons (Fsp3) is 0.533. The van der Waals surface area contributed by atoms with Gasteiger partial charge >= 0.3 is 6.03 Å². The zero-order valence-electron chi connectivity index (χ0n) is 13.1. The van der Waals surface area contributed by atoms with Crippen LogP contribution >= 0.6 is 23.2 Å². The average molecular weight is 392 g/mol. The molecule has 9 heteroatoms. The Labute approximate surface area is 152 Å². The average Bonchev–Trinajstić information content (AvgIpc) is 3.11. The molecule has 0 saturated carbocycles. The summed E-state index contributed by atoms with van der Waals surface area (Å²) in [5, 5.41) is 0.525. The number of halogens is 2. The monoisotopic (exact) mass is 391 g/mol. The molecule has 0 N–H and O–H groups in total. The number of hydrogen-bond donors (Lipinski definition) is 0. The molecule has 3 rings (SSSR count). The molecular formula is C15H19Cl2N3O3S. The quantitative estimate of drug-likeness (QED) is 0.777. The number of urea groups is 1. The summed E-state index contributed by atoms with van der Waals surface area (Å²) < 4.78 is 26.8. The van der Waals surface area contributed by atoms with E-state index in [0.29, 0.717) is 18.1 Å². The number of likely N-dealkylation sites (tertiary alicyclic amines) is 1. The molecule has 0 bridgehead atoms. The Morgan fingerprint density at radius 1 is 0.875 bits per heavy atom. The highest BCUT2D eigenvalue weighted by atomic mass is 35.5. The number of carbonyl (C=O) groups is 1. The lowest BCUT2D eigenvalue weighted by atomic mass is 10.4. The van der Waals surface area contributed by atoms with E-state index in [1.165, 1.54) is 22.5 Å². The maximum atomic E-state index is 12.7. The van der Waals surface area contributed by atoms with Gasteiger partial charge in [0.25, 0.3) is 0 Å². The molecule has 24 heavy (non-hydrogen) atoms.